The van der Waals surface area contributed by atoms with Gasteiger partial charge in [-0.05, 0) is 28.1 Å². The molecule has 0 fully saturated rings. The molecule has 1 heterocycles. The molecule has 3 aromatic rings. The van der Waals surface area contributed by atoms with Crippen molar-refractivity contribution in [3.05, 3.63) is 65.7 Å². The van der Waals surface area contributed by atoms with Crippen molar-refractivity contribution in [3.63, 3.8) is 0 Å². The van der Waals surface area contributed by atoms with Crippen molar-refractivity contribution in [2.24, 2.45) is 5.10 Å². The van der Waals surface area contributed by atoms with Gasteiger partial charge < -0.3 is 10.5 Å². The van der Waals surface area contributed by atoms with E-state index >= 15 is 0 Å². The van der Waals surface area contributed by atoms with E-state index in [2.05, 4.69) is 20.6 Å². The first-order valence-electron chi connectivity index (χ1n) is 6.67. The molecular formula is C15H14N6O. The molecule has 0 aliphatic carbocycles. The van der Waals surface area contributed by atoms with E-state index in [1.807, 2.05) is 54.6 Å². The lowest BCUT2D eigenvalue weighted by Crippen LogP contribution is -2.01. The largest absolute Gasteiger partial charge is 0.488 e. The predicted molar refractivity (Wildman–Crippen MR) is 82.4 cm³/mol. The lowest BCUT2D eigenvalue weighted by atomic mass is 10.2. The fraction of sp³-hybridized carbons (Fsp3) is 0.0667. The normalized spacial score (nSPS) is 10.9. The van der Waals surface area contributed by atoms with Crippen LogP contribution in [0.5, 0.6) is 5.75 Å². The fourth-order valence-corrected chi connectivity index (χ4v) is 1.84. The summed E-state index contributed by atoms with van der Waals surface area (Å²) in [6.07, 6.45) is 1.60. The van der Waals surface area contributed by atoms with Crippen LogP contribution in [0.1, 0.15) is 11.1 Å². The Morgan fingerprint density at radius 3 is 2.64 bits per heavy atom. The zero-order valence-corrected chi connectivity index (χ0v) is 11.7. The van der Waals surface area contributed by atoms with Crippen molar-refractivity contribution >= 4 is 12.2 Å². The van der Waals surface area contributed by atoms with Crippen LogP contribution in [0.4, 0.5) is 5.95 Å². The zero-order valence-electron chi connectivity index (χ0n) is 11.7. The highest BCUT2D eigenvalue weighted by molar-refractivity contribution is 5.83. The van der Waals surface area contributed by atoms with Gasteiger partial charge in [0.1, 0.15) is 12.4 Å². The van der Waals surface area contributed by atoms with Crippen molar-refractivity contribution in [1.82, 2.24) is 20.3 Å². The summed E-state index contributed by atoms with van der Waals surface area (Å²) in [4.78, 5) is 1.15. The second kappa shape index (κ2) is 6.49. The minimum Gasteiger partial charge on any atom is -0.488 e. The average molecular weight is 294 g/mol. The lowest BCUT2D eigenvalue weighted by molar-refractivity contribution is 0.306. The first kappa shape index (κ1) is 13.7. The van der Waals surface area contributed by atoms with Gasteiger partial charge in [-0.25, -0.2) is 0 Å². The Labute approximate surface area is 127 Å². The molecule has 0 unspecified atom stereocenters. The summed E-state index contributed by atoms with van der Waals surface area (Å²) in [7, 11) is 0. The Balaban J connectivity index is 1.75. The molecule has 0 bridgehead atoms. The SMILES string of the molecule is Nc1nnnn1/N=C/c1ccccc1OCc1ccccc1. The molecule has 3 rings (SSSR count). The molecule has 0 aliphatic heterocycles. The Hall–Kier alpha value is -3.22. The van der Waals surface area contributed by atoms with E-state index in [0.29, 0.717) is 6.61 Å². The van der Waals surface area contributed by atoms with E-state index in [1.54, 1.807) is 6.21 Å². The van der Waals surface area contributed by atoms with Gasteiger partial charge in [-0.1, -0.05) is 52.4 Å². The molecule has 110 valence electrons. The predicted octanol–water partition coefficient (Wildman–Crippen LogP) is 1.72. The van der Waals surface area contributed by atoms with E-state index in [4.69, 9.17) is 10.5 Å². The van der Waals surface area contributed by atoms with Crippen LogP contribution < -0.4 is 10.5 Å². The summed E-state index contributed by atoms with van der Waals surface area (Å²) in [5, 5.41) is 14.7. The average Bonchev–Trinajstić information content (AvgIpc) is 2.98. The highest BCUT2D eigenvalue weighted by Crippen LogP contribution is 2.17. The fourth-order valence-electron chi connectivity index (χ4n) is 1.84. The number of tetrazole rings is 1. The van der Waals surface area contributed by atoms with Crippen molar-refractivity contribution in [2.45, 2.75) is 6.61 Å². The molecule has 0 spiro atoms. The quantitative estimate of drug-likeness (QED) is 0.723. The van der Waals surface area contributed by atoms with Crippen molar-refractivity contribution in [2.75, 3.05) is 5.73 Å². The molecule has 0 amide bonds. The van der Waals surface area contributed by atoms with Crippen LogP contribution in [0.2, 0.25) is 0 Å². The maximum absolute atomic E-state index is 5.84. The molecule has 0 aliphatic rings. The minimum atomic E-state index is 0.124. The number of rotatable bonds is 5. The highest BCUT2D eigenvalue weighted by atomic mass is 16.5. The van der Waals surface area contributed by atoms with Gasteiger partial charge in [0.25, 0.3) is 5.95 Å². The molecular weight excluding hydrogens is 280 g/mol. The smallest absolute Gasteiger partial charge is 0.263 e. The summed E-state index contributed by atoms with van der Waals surface area (Å²) in [6.45, 7) is 0.485. The summed E-state index contributed by atoms with van der Waals surface area (Å²) < 4.78 is 5.84. The molecule has 7 nitrogen and oxygen atoms in total. The van der Waals surface area contributed by atoms with E-state index in [9.17, 15) is 0 Å². The number of aromatic nitrogens is 4. The first-order chi connectivity index (χ1) is 10.8. The van der Waals surface area contributed by atoms with Gasteiger partial charge in [-0.15, -0.1) is 0 Å². The molecule has 7 heteroatoms. The number of ether oxygens (including phenoxy) is 1. The molecule has 1 aromatic heterocycles. The number of hydrogen-bond acceptors (Lipinski definition) is 6. The third kappa shape index (κ3) is 3.26. The lowest BCUT2D eigenvalue weighted by Gasteiger charge is -2.08. The third-order valence-corrected chi connectivity index (χ3v) is 2.94. The molecule has 2 N–H and O–H groups in total. The zero-order chi connectivity index (χ0) is 15.2. The van der Waals surface area contributed by atoms with Crippen LogP contribution in [0.15, 0.2) is 59.7 Å². The number of benzene rings is 2. The monoisotopic (exact) mass is 294 g/mol. The Morgan fingerprint density at radius 1 is 1.09 bits per heavy atom. The number of anilines is 1. The number of hydrogen-bond donors (Lipinski definition) is 1. The van der Waals surface area contributed by atoms with Crippen LogP contribution >= 0.6 is 0 Å². The Morgan fingerprint density at radius 2 is 1.86 bits per heavy atom. The topological polar surface area (TPSA) is 91.2 Å². The molecule has 0 saturated carbocycles. The van der Waals surface area contributed by atoms with E-state index in [0.717, 1.165) is 21.7 Å². The van der Waals surface area contributed by atoms with Gasteiger partial charge in [0.15, 0.2) is 0 Å². The number of nitrogen functional groups attached to an aromatic ring is 1. The molecule has 2 aromatic carbocycles. The molecule has 22 heavy (non-hydrogen) atoms. The summed E-state index contributed by atoms with van der Waals surface area (Å²) in [5.41, 5.74) is 7.47. The van der Waals surface area contributed by atoms with Crippen LogP contribution in [0.3, 0.4) is 0 Å². The van der Waals surface area contributed by atoms with Gasteiger partial charge in [-0.3, -0.25) is 0 Å². The second-order valence-electron chi connectivity index (χ2n) is 4.48. The molecule has 0 radical (unpaired) electrons. The Bertz CT molecular complexity index is 768. The maximum Gasteiger partial charge on any atom is 0.263 e. The molecule has 0 atom stereocenters. The summed E-state index contributed by atoms with van der Waals surface area (Å²) >= 11 is 0. The van der Waals surface area contributed by atoms with Gasteiger partial charge in [0.2, 0.25) is 0 Å². The molecule has 0 saturated heterocycles. The number of nitrogens with two attached hydrogens (primary N) is 1. The van der Waals surface area contributed by atoms with E-state index < -0.39 is 0 Å². The standard InChI is InChI=1S/C15H14N6O/c16-15-18-19-20-21(15)17-10-13-8-4-5-9-14(13)22-11-12-6-2-1-3-7-12/h1-10H,11H2,(H2,16,18,20)/b17-10+. The minimum absolute atomic E-state index is 0.124. The van der Waals surface area contributed by atoms with Crippen LogP contribution in [0.25, 0.3) is 0 Å². The summed E-state index contributed by atoms with van der Waals surface area (Å²) in [5.74, 6) is 0.848. The maximum atomic E-state index is 5.84. The van der Waals surface area contributed by atoms with Gasteiger partial charge >= 0.3 is 0 Å². The number of nitrogens with zero attached hydrogens (tertiary/aromatic N) is 5. The van der Waals surface area contributed by atoms with E-state index in [1.165, 1.54) is 0 Å². The third-order valence-electron chi connectivity index (χ3n) is 2.94. The first-order valence-corrected chi connectivity index (χ1v) is 6.67. The van der Waals surface area contributed by atoms with Crippen molar-refractivity contribution in [1.29, 1.82) is 0 Å². The van der Waals surface area contributed by atoms with Crippen LogP contribution in [-0.4, -0.2) is 26.5 Å². The van der Waals surface area contributed by atoms with Gasteiger partial charge in [-0.2, -0.15) is 5.10 Å². The Kier molecular flexibility index (Phi) is 4.05. The highest BCUT2D eigenvalue weighted by Gasteiger charge is 2.02. The van der Waals surface area contributed by atoms with Gasteiger partial charge in [0, 0.05) is 5.56 Å². The summed E-state index contributed by atoms with van der Waals surface area (Å²) in [6, 6.07) is 17.5. The van der Waals surface area contributed by atoms with Crippen molar-refractivity contribution < 1.29 is 4.74 Å². The van der Waals surface area contributed by atoms with E-state index in [-0.39, 0.29) is 5.95 Å². The van der Waals surface area contributed by atoms with Crippen LogP contribution in [0, 0.1) is 0 Å². The van der Waals surface area contributed by atoms with Crippen LogP contribution in [-0.2, 0) is 6.61 Å². The van der Waals surface area contributed by atoms with Crippen molar-refractivity contribution in [3.8, 4) is 5.75 Å². The van der Waals surface area contributed by atoms with Gasteiger partial charge in [0.05, 0.1) is 6.21 Å². The second-order valence-corrected chi connectivity index (χ2v) is 4.48. The number of para-hydroxylation sites is 1.